The molecule has 1 amide bonds. The lowest BCUT2D eigenvalue weighted by Crippen LogP contribution is -2.38. The van der Waals surface area contributed by atoms with Crippen molar-refractivity contribution < 1.29 is 9.53 Å². The molecule has 0 aliphatic heterocycles. The van der Waals surface area contributed by atoms with E-state index in [1.807, 2.05) is 45.6 Å². The largest absolute Gasteiger partial charge is 0.444 e. The molecular formula is C16H30N4O2. The van der Waals surface area contributed by atoms with Gasteiger partial charge in [0.2, 0.25) is 0 Å². The molecule has 0 radical (unpaired) electrons. The molecular weight excluding hydrogens is 280 g/mol. The lowest BCUT2D eigenvalue weighted by atomic mass is 10.1. The van der Waals surface area contributed by atoms with Gasteiger partial charge in [-0.15, -0.1) is 0 Å². The molecule has 1 aromatic heterocycles. The van der Waals surface area contributed by atoms with Gasteiger partial charge in [0.05, 0.1) is 5.69 Å². The highest BCUT2D eigenvalue weighted by atomic mass is 16.6. The predicted molar refractivity (Wildman–Crippen MR) is 87.7 cm³/mol. The molecule has 1 unspecified atom stereocenters. The zero-order valence-electron chi connectivity index (χ0n) is 14.9. The highest BCUT2D eigenvalue weighted by molar-refractivity contribution is 5.67. The maximum atomic E-state index is 11.9. The molecule has 0 fully saturated rings. The number of aryl methyl sites for hydroxylation is 2. The summed E-state index contributed by atoms with van der Waals surface area (Å²) in [4.78, 5) is 13.5. The van der Waals surface area contributed by atoms with Crippen molar-refractivity contribution in [2.75, 3.05) is 20.1 Å². The van der Waals surface area contributed by atoms with Crippen LogP contribution >= 0.6 is 0 Å². The van der Waals surface area contributed by atoms with Crippen molar-refractivity contribution in [2.24, 2.45) is 13.0 Å². The first-order chi connectivity index (χ1) is 10.1. The second-order valence-electron chi connectivity index (χ2n) is 7.01. The van der Waals surface area contributed by atoms with E-state index in [2.05, 4.69) is 17.3 Å². The van der Waals surface area contributed by atoms with Crippen LogP contribution in [0, 0.1) is 12.8 Å². The molecule has 0 aliphatic carbocycles. The topological polar surface area (TPSA) is 59.4 Å². The van der Waals surface area contributed by atoms with E-state index in [-0.39, 0.29) is 6.09 Å². The van der Waals surface area contributed by atoms with Gasteiger partial charge in [0.1, 0.15) is 5.60 Å². The average molecular weight is 310 g/mol. The van der Waals surface area contributed by atoms with Gasteiger partial charge in [-0.25, -0.2) is 4.79 Å². The van der Waals surface area contributed by atoms with Gasteiger partial charge in [-0.1, -0.05) is 6.92 Å². The van der Waals surface area contributed by atoms with Gasteiger partial charge in [0.15, 0.2) is 0 Å². The molecule has 1 aromatic rings. The molecule has 0 saturated heterocycles. The van der Waals surface area contributed by atoms with E-state index in [0.717, 1.165) is 18.8 Å². The Morgan fingerprint density at radius 2 is 2.14 bits per heavy atom. The predicted octanol–water partition coefficient (Wildman–Crippen LogP) is 2.32. The van der Waals surface area contributed by atoms with Crippen LogP contribution in [0.2, 0.25) is 0 Å². The second kappa shape index (κ2) is 7.63. The molecule has 0 bridgehead atoms. The molecule has 1 atom stereocenters. The Hall–Kier alpha value is -1.56. The highest BCUT2D eigenvalue weighted by Crippen LogP contribution is 2.10. The number of amides is 1. The molecule has 6 nitrogen and oxygen atoms in total. The minimum Gasteiger partial charge on any atom is -0.444 e. The molecule has 126 valence electrons. The van der Waals surface area contributed by atoms with Crippen LogP contribution in [0.4, 0.5) is 4.79 Å². The maximum Gasteiger partial charge on any atom is 0.410 e. The number of carbonyl (C=O) groups is 1. The summed E-state index contributed by atoms with van der Waals surface area (Å²) in [6.07, 6.45) is 1.75. The average Bonchev–Trinajstić information content (AvgIpc) is 2.65. The van der Waals surface area contributed by atoms with Crippen LogP contribution in [0.5, 0.6) is 0 Å². The van der Waals surface area contributed by atoms with Crippen LogP contribution in [0.1, 0.15) is 39.0 Å². The third-order valence-electron chi connectivity index (χ3n) is 3.21. The van der Waals surface area contributed by atoms with E-state index in [9.17, 15) is 4.79 Å². The van der Waals surface area contributed by atoms with Crippen LogP contribution in [0.25, 0.3) is 0 Å². The van der Waals surface area contributed by atoms with Crippen molar-refractivity contribution in [2.45, 2.75) is 46.8 Å². The molecule has 0 aromatic carbocycles. The minimum absolute atomic E-state index is 0.276. The summed E-state index contributed by atoms with van der Waals surface area (Å²) < 4.78 is 7.17. The molecule has 22 heavy (non-hydrogen) atoms. The lowest BCUT2D eigenvalue weighted by molar-refractivity contribution is 0.0277. The fraction of sp³-hybridized carbons (Fsp3) is 0.750. The first-order valence-corrected chi connectivity index (χ1v) is 7.72. The normalized spacial score (nSPS) is 13.0. The Bertz CT molecular complexity index is 491. The Kier molecular flexibility index (Phi) is 6.41. The van der Waals surface area contributed by atoms with Gasteiger partial charge in [-0.05, 0) is 40.2 Å². The van der Waals surface area contributed by atoms with Gasteiger partial charge in [0, 0.05) is 38.9 Å². The quantitative estimate of drug-likeness (QED) is 0.876. The number of ether oxygens (including phenoxy) is 1. The molecule has 1 heterocycles. The van der Waals surface area contributed by atoms with Crippen LogP contribution in [-0.2, 0) is 18.3 Å². The van der Waals surface area contributed by atoms with E-state index in [4.69, 9.17) is 4.74 Å². The number of rotatable bonds is 6. The Labute approximate surface area is 133 Å². The number of nitrogens with zero attached hydrogens (tertiary/aromatic N) is 3. The van der Waals surface area contributed by atoms with Crippen molar-refractivity contribution in [3.05, 3.63) is 17.5 Å². The van der Waals surface area contributed by atoms with Crippen molar-refractivity contribution in [1.29, 1.82) is 0 Å². The fourth-order valence-corrected chi connectivity index (χ4v) is 2.22. The number of hydrogen-bond acceptors (Lipinski definition) is 4. The van der Waals surface area contributed by atoms with Gasteiger partial charge in [-0.2, -0.15) is 5.10 Å². The SMILES string of the molecule is Cc1nn(C)cc1CNCC(C)CN(C)C(=O)OC(C)(C)C. The summed E-state index contributed by atoms with van der Waals surface area (Å²) in [6, 6.07) is 0. The number of aromatic nitrogens is 2. The first kappa shape index (κ1) is 18.5. The van der Waals surface area contributed by atoms with E-state index >= 15 is 0 Å². The second-order valence-corrected chi connectivity index (χ2v) is 7.01. The summed E-state index contributed by atoms with van der Waals surface area (Å²) in [6.45, 7) is 12.0. The summed E-state index contributed by atoms with van der Waals surface area (Å²) in [5, 5.41) is 7.74. The Morgan fingerprint density at radius 1 is 1.50 bits per heavy atom. The van der Waals surface area contributed by atoms with Crippen LogP contribution < -0.4 is 5.32 Å². The van der Waals surface area contributed by atoms with E-state index in [0.29, 0.717) is 12.5 Å². The smallest absolute Gasteiger partial charge is 0.410 e. The lowest BCUT2D eigenvalue weighted by Gasteiger charge is -2.26. The fourth-order valence-electron chi connectivity index (χ4n) is 2.22. The van der Waals surface area contributed by atoms with E-state index < -0.39 is 5.60 Å². The molecule has 0 spiro atoms. The third-order valence-corrected chi connectivity index (χ3v) is 3.21. The van der Waals surface area contributed by atoms with E-state index in [1.54, 1.807) is 11.9 Å². The van der Waals surface area contributed by atoms with Crippen LogP contribution in [0.3, 0.4) is 0 Å². The number of nitrogens with one attached hydrogen (secondary N) is 1. The Balaban J connectivity index is 2.32. The number of carbonyl (C=O) groups excluding carboxylic acids is 1. The molecule has 1 N–H and O–H groups in total. The van der Waals surface area contributed by atoms with E-state index in [1.165, 1.54) is 5.56 Å². The van der Waals surface area contributed by atoms with Crippen LogP contribution in [-0.4, -0.2) is 46.5 Å². The van der Waals surface area contributed by atoms with Gasteiger partial charge in [0.25, 0.3) is 0 Å². The summed E-state index contributed by atoms with van der Waals surface area (Å²) in [5.74, 6) is 0.342. The summed E-state index contributed by atoms with van der Waals surface area (Å²) >= 11 is 0. The van der Waals surface area contributed by atoms with Gasteiger partial charge < -0.3 is 15.0 Å². The highest BCUT2D eigenvalue weighted by Gasteiger charge is 2.20. The third kappa shape index (κ3) is 6.47. The maximum absolute atomic E-state index is 11.9. The van der Waals surface area contributed by atoms with Gasteiger partial charge in [-0.3, -0.25) is 4.68 Å². The monoisotopic (exact) mass is 310 g/mol. The first-order valence-electron chi connectivity index (χ1n) is 7.72. The molecule has 1 rings (SSSR count). The summed E-state index contributed by atoms with van der Waals surface area (Å²) in [7, 11) is 3.70. The molecule has 0 aliphatic rings. The van der Waals surface area contributed by atoms with Crippen LogP contribution in [0.15, 0.2) is 6.20 Å². The molecule has 0 saturated carbocycles. The minimum atomic E-state index is -0.454. The number of hydrogen-bond donors (Lipinski definition) is 1. The van der Waals surface area contributed by atoms with Crippen molar-refractivity contribution in [3.63, 3.8) is 0 Å². The summed E-state index contributed by atoms with van der Waals surface area (Å²) in [5.41, 5.74) is 1.80. The van der Waals surface area contributed by atoms with Crippen molar-refractivity contribution >= 4 is 6.09 Å². The Morgan fingerprint density at radius 3 is 2.64 bits per heavy atom. The zero-order chi connectivity index (χ0) is 16.9. The standard InChI is InChI=1S/C16H30N4O2/c1-12(10-19(6)15(21)22-16(3,4)5)8-17-9-14-11-20(7)18-13(14)2/h11-12,17H,8-10H2,1-7H3. The van der Waals surface area contributed by atoms with Crippen molar-refractivity contribution in [3.8, 4) is 0 Å². The van der Waals surface area contributed by atoms with Gasteiger partial charge >= 0.3 is 6.09 Å². The zero-order valence-corrected chi connectivity index (χ0v) is 14.9. The molecule has 6 heteroatoms. The van der Waals surface area contributed by atoms with Crippen molar-refractivity contribution in [1.82, 2.24) is 20.0 Å².